The minimum Gasteiger partial charge on any atom is -0.469 e. The average Bonchev–Trinajstić information content (AvgIpc) is 2.98. The second kappa shape index (κ2) is 7.99. The maximum atomic E-state index is 12.4. The number of hydrogen-bond donors (Lipinski definition) is 3. The van der Waals surface area contributed by atoms with E-state index in [1.54, 1.807) is 31.2 Å². The number of benzene rings is 1. The van der Waals surface area contributed by atoms with Crippen LogP contribution in [-0.4, -0.2) is 31.4 Å². The van der Waals surface area contributed by atoms with E-state index in [1.165, 1.54) is 6.26 Å². The number of rotatable bonds is 6. The van der Waals surface area contributed by atoms with Crippen LogP contribution in [0.3, 0.4) is 0 Å². The Morgan fingerprint density at radius 1 is 1.21 bits per heavy atom. The molecule has 0 radical (unpaired) electrons. The minimum absolute atomic E-state index is 0.132. The van der Waals surface area contributed by atoms with Gasteiger partial charge in [0.05, 0.1) is 23.1 Å². The molecule has 0 aliphatic rings. The van der Waals surface area contributed by atoms with Crippen molar-refractivity contribution in [2.45, 2.75) is 19.9 Å². The molecule has 0 saturated heterocycles. The summed E-state index contributed by atoms with van der Waals surface area (Å²) in [5, 5.41) is 8.99. The van der Waals surface area contributed by atoms with Gasteiger partial charge in [-0.05, 0) is 45.2 Å². The van der Waals surface area contributed by atoms with E-state index >= 15 is 0 Å². The zero-order valence-electron chi connectivity index (χ0n) is 13.8. The maximum absolute atomic E-state index is 12.4. The molecule has 2 rings (SSSR count). The summed E-state index contributed by atoms with van der Waals surface area (Å²) in [4.78, 5) is 24.7. The van der Waals surface area contributed by atoms with Gasteiger partial charge in [0.15, 0.2) is 0 Å². The van der Waals surface area contributed by atoms with Crippen molar-refractivity contribution >= 4 is 29.1 Å². The summed E-state index contributed by atoms with van der Waals surface area (Å²) >= 11 is 6.00. The second-order valence-electron chi connectivity index (χ2n) is 5.43. The molecule has 1 unspecified atom stereocenters. The van der Waals surface area contributed by atoms with Crippen LogP contribution < -0.4 is 16.0 Å². The lowest BCUT2D eigenvalue weighted by Gasteiger charge is -2.14. The summed E-state index contributed by atoms with van der Waals surface area (Å²) in [6.07, 6.45) is 1.44. The Kier molecular flexibility index (Phi) is 6.00. The largest absolute Gasteiger partial charge is 0.469 e. The van der Waals surface area contributed by atoms with Gasteiger partial charge in [-0.2, -0.15) is 0 Å². The third-order valence-electron chi connectivity index (χ3n) is 3.64. The predicted molar refractivity (Wildman–Crippen MR) is 93.7 cm³/mol. The number of hydrogen-bond acceptors (Lipinski definition) is 4. The molecule has 7 heteroatoms. The number of halogens is 1. The molecule has 0 aliphatic carbocycles. The number of amides is 2. The normalized spacial score (nSPS) is 11.8. The fourth-order valence-corrected chi connectivity index (χ4v) is 2.24. The Bertz CT molecular complexity index is 742. The molecule has 1 aromatic heterocycles. The predicted octanol–water partition coefficient (Wildman–Crippen LogP) is 2.83. The fraction of sp³-hybridized carbons (Fsp3) is 0.294. The summed E-state index contributed by atoms with van der Waals surface area (Å²) in [5.74, 6) is -0.141. The quantitative estimate of drug-likeness (QED) is 0.748. The SMILES string of the molecule is CNC(C)CNC(=O)c1ccc(Cl)cc1NC(=O)c1ccoc1C. The van der Waals surface area contributed by atoms with E-state index in [-0.39, 0.29) is 17.9 Å². The molecule has 1 aromatic carbocycles. The van der Waals surface area contributed by atoms with Gasteiger partial charge in [0, 0.05) is 17.6 Å². The van der Waals surface area contributed by atoms with Gasteiger partial charge in [-0.15, -0.1) is 0 Å². The molecule has 1 heterocycles. The standard InChI is InChI=1S/C17H20ClN3O3/c1-10(19-3)9-20-16(22)14-5-4-12(18)8-15(14)21-17(23)13-6-7-24-11(13)2/h4-8,10,19H,9H2,1-3H3,(H,20,22)(H,21,23). The van der Waals surface area contributed by atoms with Crippen LogP contribution in [0.25, 0.3) is 0 Å². The van der Waals surface area contributed by atoms with Crippen molar-refractivity contribution in [1.82, 2.24) is 10.6 Å². The number of anilines is 1. The van der Waals surface area contributed by atoms with E-state index in [0.717, 1.165) is 0 Å². The van der Waals surface area contributed by atoms with Gasteiger partial charge >= 0.3 is 0 Å². The van der Waals surface area contributed by atoms with Crippen molar-refractivity contribution in [2.24, 2.45) is 0 Å². The first-order valence-electron chi connectivity index (χ1n) is 7.52. The van der Waals surface area contributed by atoms with Crippen molar-refractivity contribution in [1.29, 1.82) is 0 Å². The van der Waals surface area contributed by atoms with Crippen LogP contribution in [0.4, 0.5) is 5.69 Å². The van der Waals surface area contributed by atoms with Crippen molar-refractivity contribution in [3.8, 4) is 0 Å². The van der Waals surface area contributed by atoms with Gasteiger partial charge in [-0.3, -0.25) is 9.59 Å². The topological polar surface area (TPSA) is 83.4 Å². The Hall–Kier alpha value is -2.31. The van der Waals surface area contributed by atoms with Crippen molar-refractivity contribution in [3.63, 3.8) is 0 Å². The highest BCUT2D eigenvalue weighted by molar-refractivity contribution is 6.31. The van der Waals surface area contributed by atoms with Crippen LogP contribution in [0.15, 0.2) is 34.9 Å². The molecule has 1 atom stereocenters. The van der Waals surface area contributed by atoms with Gasteiger partial charge < -0.3 is 20.4 Å². The number of nitrogens with one attached hydrogen (secondary N) is 3. The molecule has 2 aromatic rings. The van der Waals surface area contributed by atoms with E-state index in [4.69, 9.17) is 16.0 Å². The molecule has 2 amide bonds. The van der Waals surface area contributed by atoms with E-state index < -0.39 is 0 Å². The highest BCUT2D eigenvalue weighted by Crippen LogP contribution is 2.22. The highest BCUT2D eigenvalue weighted by atomic mass is 35.5. The summed E-state index contributed by atoms with van der Waals surface area (Å²) in [7, 11) is 1.82. The van der Waals surface area contributed by atoms with Crippen LogP contribution in [0.1, 0.15) is 33.4 Å². The molecule has 0 spiro atoms. The first-order chi connectivity index (χ1) is 11.4. The Labute approximate surface area is 145 Å². The Balaban J connectivity index is 2.20. The van der Waals surface area contributed by atoms with Crippen molar-refractivity contribution in [3.05, 3.63) is 52.4 Å². The van der Waals surface area contributed by atoms with Crippen LogP contribution in [0, 0.1) is 6.92 Å². The maximum Gasteiger partial charge on any atom is 0.259 e. The summed E-state index contributed by atoms with van der Waals surface area (Å²) < 4.78 is 5.13. The van der Waals surface area contributed by atoms with Crippen molar-refractivity contribution < 1.29 is 14.0 Å². The second-order valence-corrected chi connectivity index (χ2v) is 5.87. The molecule has 0 bridgehead atoms. The van der Waals surface area contributed by atoms with Gasteiger partial charge in [-0.1, -0.05) is 11.6 Å². The zero-order chi connectivity index (χ0) is 17.7. The molecule has 6 nitrogen and oxygen atoms in total. The summed E-state index contributed by atoms with van der Waals surface area (Å²) in [6.45, 7) is 4.11. The minimum atomic E-state index is -0.360. The van der Waals surface area contributed by atoms with Gasteiger partial charge in [0.2, 0.25) is 0 Å². The van der Waals surface area contributed by atoms with E-state index in [0.29, 0.717) is 34.1 Å². The van der Waals surface area contributed by atoms with Crippen LogP contribution in [0.2, 0.25) is 5.02 Å². The Morgan fingerprint density at radius 3 is 2.58 bits per heavy atom. The van der Waals surface area contributed by atoms with Gasteiger partial charge in [-0.25, -0.2) is 0 Å². The molecule has 0 aliphatic heterocycles. The van der Waals surface area contributed by atoms with Crippen LogP contribution >= 0.6 is 11.6 Å². The lowest BCUT2D eigenvalue weighted by atomic mass is 10.1. The average molecular weight is 350 g/mol. The third kappa shape index (κ3) is 4.37. The zero-order valence-corrected chi connectivity index (χ0v) is 14.5. The molecule has 3 N–H and O–H groups in total. The van der Waals surface area contributed by atoms with Gasteiger partial charge in [0.25, 0.3) is 11.8 Å². The van der Waals surface area contributed by atoms with E-state index in [1.807, 2.05) is 14.0 Å². The molecule has 128 valence electrons. The first-order valence-corrected chi connectivity index (χ1v) is 7.90. The molecular formula is C17H20ClN3O3. The number of likely N-dealkylation sites (N-methyl/N-ethyl adjacent to an activating group) is 1. The number of aryl methyl sites for hydroxylation is 1. The monoisotopic (exact) mass is 349 g/mol. The van der Waals surface area contributed by atoms with Crippen LogP contribution in [-0.2, 0) is 0 Å². The number of carbonyl (C=O) groups is 2. The summed E-state index contributed by atoms with van der Waals surface area (Å²) in [6, 6.07) is 6.44. The first kappa shape index (κ1) is 18.0. The van der Waals surface area contributed by atoms with E-state index in [9.17, 15) is 9.59 Å². The third-order valence-corrected chi connectivity index (χ3v) is 3.87. The molecular weight excluding hydrogens is 330 g/mol. The van der Waals surface area contributed by atoms with Crippen molar-refractivity contribution in [2.75, 3.05) is 18.9 Å². The lowest BCUT2D eigenvalue weighted by molar-refractivity contribution is 0.0951. The van der Waals surface area contributed by atoms with E-state index in [2.05, 4.69) is 16.0 Å². The van der Waals surface area contributed by atoms with Gasteiger partial charge in [0.1, 0.15) is 5.76 Å². The lowest BCUT2D eigenvalue weighted by Crippen LogP contribution is -2.37. The molecule has 0 saturated carbocycles. The number of furan rings is 1. The molecule has 0 fully saturated rings. The number of carbonyl (C=O) groups excluding carboxylic acids is 2. The smallest absolute Gasteiger partial charge is 0.259 e. The highest BCUT2D eigenvalue weighted by Gasteiger charge is 2.17. The fourth-order valence-electron chi connectivity index (χ4n) is 2.07. The molecule has 24 heavy (non-hydrogen) atoms. The summed E-state index contributed by atoms with van der Waals surface area (Å²) in [5.41, 5.74) is 1.10. The van der Waals surface area contributed by atoms with Crippen LogP contribution in [0.5, 0.6) is 0 Å². The Morgan fingerprint density at radius 2 is 1.96 bits per heavy atom.